The summed E-state index contributed by atoms with van der Waals surface area (Å²) in [5, 5.41) is 0. The Balaban J connectivity index is 2.27. The Morgan fingerprint density at radius 3 is 2.38 bits per heavy atom. The van der Waals surface area contributed by atoms with Crippen LogP contribution >= 0.6 is 0 Å². The van der Waals surface area contributed by atoms with Crippen LogP contribution in [-0.4, -0.2) is 12.8 Å². The molecular weight excluding hydrogens is 204 g/mol. The number of carbonyl (C=O) groups excluding carboxylic acids is 1. The van der Waals surface area contributed by atoms with Crippen LogP contribution in [0.25, 0.3) is 0 Å². The third kappa shape index (κ3) is 5.39. The van der Waals surface area contributed by atoms with Gasteiger partial charge in [0.2, 0.25) is 0 Å². The monoisotopic (exact) mass is 222 g/mol. The molecule has 1 aromatic rings. The lowest BCUT2D eigenvalue weighted by Crippen LogP contribution is -2.15. The SMILES string of the molecule is CC(C)(C)CCOC(=O)Oc1ccccc1. The Hall–Kier alpha value is -1.51. The molecular formula is C13H18O3. The van der Waals surface area contributed by atoms with Gasteiger partial charge in [0.15, 0.2) is 0 Å². The van der Waals surface area contributed by atoms with E-state index in [2.05, 4.69) is 20.8 Å². The van der Waals surface area contributed by atoms with E-state index in [0.717, 1.165) is 6.42 Å². The Kier molecular flexibility index (Phi) is 4.35. The van der Waals surface area contributed by atoms with E-state index in [4.69, 9.17) is 9.47 Å². The molecule has 0 aliphatic carbocycles. The molecule has 0 bridgehead atoms. The van der Waals surface area contributed by atoms with Gasteiger partial charge in [-0.3, -0.25) is 0 Å². The number of rotatable bonds is 3. The fourth-order valence-corrected chi connectivity index (χ4v) is 1.05. The summed E-state index contributed by atoms with van der Waals surface area (Å²) >= 11 is 0. The van der Waals surface area contributed by atoms with Gasteiger partial charge in [-0.2, -0.15) is 0 Å². The van der Waals surface area contributed by atoms with Crippen LogP contribution in [0.1, 0.15) is 27.2 Å². The minimum Gasteiger partial charge on any atom is -0.434 e. The van der Waals surface area contributed by atoms with Crippen molar-refractivity contribution in [2.24, 2.45) is 5.41 Å². The van der Waals surface area contributed by atoms with Crippen LogP contribution in [0.2, 0.25) is 0 Å². The third-order valence-corrected chi connectivity index (χ3v) is 2.02. The van der Waals surface area contributed by atoms with Crippen LogP contribution in [0.4, 0.5) is 4.79 Å². The highest BCUT2D eigenvalue weighted by Gasteiger charge is 2.12. The molecule has 0 aliphatic heterocycles. The quantitative estimate of drug-likeness (QED) is 0.578. The fourth-order valence-electron chi connectivity index (χ4n) is 1.05. The predicted molar refractivity (Wildman–Crippen MR) is 62.5 cm³/mol. The molecule has 0 spiro atoms. The normalized spacial score (nSPS) is 10.9. The van der Waals surface area contributed by atoms with Crippen molar-refractivity contribution in [2.45, 2.75) is 27.2 Å². The summed E-state index contributed by atoms with van der Waals surface area (Å²) < 4.78 is 9.93. The molecule has 0 saturated heterocycles. The van der Waals surface area contributed by atoms with Crippen molar-refractivity contribution >= 4 is 6.16 Å². The average Bonchev–Trinajstić information content (AvgIpc) is 2.17. The molecule has 0 N–H and O–H groups in total. The van der Waals surface area contributed by atoms with Gasteiger partial charge in [0.1, 0.15) is 5.75 Å². The summed E-state index contributed by atoms with van der Waals surface area (Å²) in [6.07, 6.45) is 0.173. The van der Waals surface area contributed by atoms with E-state index >= 15 is 0 Å². The van der Waals surface area contributed by atoms with Crippen molar-refractivity contribution in [3.8, 4) is 5.75 Å². The average molecular weight is 222 g/mol. The van der Waals surface area contributed by atoms with Crippen molar-refractivity contribution in [1.82, 2.24) is 0 Å². The van der Waals surface area contributed by atoms with E-state index in [9.17, 15) is 4.79 Å². The summed E-state index contributed by atoms with van der Waals surface area (Å²) in [7, 11) is 0. The van der Waals surface area contributed by atoms with Crippen molar-refractivity contribution in [3.05, 3.63) is 30.3 Å². The summed E-state index contributed by atoms with van der Waals surface area (Å²) in [4.78, 5) is 11.3. The van der Waals surface area contributed by atoms with Gasteiger partial charge in [0.05, 0.1) is 6.61 Å². The second-order valence-electron chi connectivity index (χ2n) is 4.82. The smallest absolute Gasteiger partial charge is 0.434 e. The first-order chi connectivity index (χ1) is 7.47. The number of carbonyl (C=O) groups is 1. The van der Waals surface area contributed by atoms with Crippen LogP contribution in [-0.2, 0) is 4.74 Å². The number of hydrogen-bond acceptors (Lipinski definition) is 3. The topological polar surface area (TPSA) is 35.5 Å². The predicted octanol–water partition coefficient (Wildman–Crippen LogP) is 3.64. The van der Waals surface area contributed by atoms with E-state index in [1.54, 1.807) is 24.3 Å². The minimum absolute atomic E-state index is 0.160. The molecule has 1 rings (SSSR count). The third-order valence-electron chi connectivity index (χ3n) is 2.02. The van der Waals surface area contributed by atoms with Gasteiger partial charge in [-0.15, -0.1) is 0 Å². The van der Waals surface area contributed by atoms with Gasteiger partial charge in [-0.25, -0.2) is 4.79 Å². The van der Waals surface area contributed by atoms with E-state index in [1.165, 1.54) is 0 Å². The van der Waals surface area contributed by atoms with Crippen molar-refractivity contribution in [2.75, 3.05) is 6.61 Å². The minimum atomic E-state index is -0.643. The number of benzene rings is 1. The van der Waals surface area contributed by atoms with Crippen molar-refractivity contribution in [3.63, 3.8) is 0 Å². The Labute approximate surface area is 96.4 Å². The number of hydrogen-bond donors (Lipinski definition) is 0. The summed E-state index contributed by atoms with van der Waals surface area (Å²) in [5.41, 5.74) is 0.160. The molecule has 0 radical (unpaired) electrons. The zero-order valence-electron chi connectivity index (χ0n) is 10.0. The number of para-hydroxylation sites is 1. The van der Waals surface area contributed by atoms with Gasteiger partial charge in [0, 0.05) is 0 Å². The van der Waals surface area contributed by atoms with Crippen molar-refractivity contribution in [1.29, 1.82) is 0 Å². The second-order valence-corrected chi connectivity index (χ2v) is 4.82. The highest BCUT2D eigenvalue weighted by Crippen LogP contribution is 2.18. The van der Waals surface area contributed by atoms with Crippen LogP contribution in [0.15, 0.2) is 30.3 Å². The van der Waals surface area contributed by atoms with Crippen LogP contribution in [0.5, 0.6) is 5.75 Å². The summed E-state index contributed by atoms with van der Waals surface area (Å²) in [5.74, 6) is 0.503. The lowest BCUT2D eigenvalue weighted by atomic mass is 9.93. The highest BCUT2D eigenvalue weighted by atomic mass is 16.7. The molecule has 16 heavy (non-hydrogen) atoms. The molecule has 1 aromatic carbocycles. The molecule has 0 amide bonds. The summed E-state index contributed by atoms with van der Waals surface area (Å²) in [6.45, 7) is 6.67. The van der Waals surface area contributed by atoms with Crippen molar-refractivity contribution < 1.29 is 14.3 Å². The fraction of sp³-hybridized carbons (Fsp3) is 0.462. The Morgan fingerprint density at radius 1 is 1.19 bits per heavy atom. The molecule has 0 unspecified atom stereocenters. The van der Waals surface area contributed by atoms with Gasteiger partial charge < -0.3 is 9.47 Å². The van der Waals surface area contributed by atoms with Gasteiger partial charge >= 0.3 is 6.16 Å². The molecule has 3 heteroatoms. The van der Waals surface area contributed by atoms with E-state index in [1.807, 2.05) is 6.07 Å². The molecule has 0 aliphatic rings. The molecule has 0 heterocycles. The molecule has 0 atom stereocenters. The van der Waals surface area contributed by atoms with Gasteiger partial charge in [0.25, 0.3) is 0 Å². The largest absolute Gasteiger partial charge is 0.513 e. The maximum absolute atomic E-state index is 11.3. The lowest BCUT2D eigenvalue weighted by molar-refractivity contribution is 0.0887. The molecule has 0 fully saturated rings. The van der Waals surface area contributed by atoms with E-state index < -0.39 is 6.16 Å². The zero-order valence-corrected chi connectivity index (χ0v) is 10.0. The van der Waals surface area contributed by atoms with Crippen LogP contribution in [0.3, 0.4) is 0 Å². The maximum atomic E-state index is 11.3. The Morgan fingerprint density at radius 2 is 1.81 bits per heavy atom. The highest BCUT2D eigenvalue weighted by molar-refractivity contribution is 5.63. The Bertz CT molecular complexity index is 325. The summed E-state index contributed by atoms with van der Waals surface area (Å²) in [6, 6.07) is 8.89. The van der Waals surface area contributed by atoms with Gasteiger partial charge in [-0.1, -0.05) is 39.0 Å². The molecule has 0 saturated carbocycles. The molecule has 88 valence electrons. The number of ether oxygens (including phenoxy) is 2. The standard InChI is InChI=1S/C13H18O3/c1-13(2,3)9-10-15-12(14)16-11-7-5-4-6-8-11/h4-8H,9-10H2,1-3H3. The zero-order chi connectivity index (χ0) is 12.0. The lowest BCUT2D eigenvalue weighted by Gasteiger charge is -2.17. The van der Waals surface area contributed by atoms with Crippen LogP contribution < -0.4 is 4.74 Å². The second kappa shape index (κ2) is 5.54. The van der Waals surface area contributed by atoms with E-state index in [0.29, 0.717) is 12.4 Å². The molecule has 3 nitrogen and oxygen atoms in total. The first-order valence-electron chi connectivity index (χ1n) is 5.37. The maximum Gasteiger partial charge on any atom is 0.513 e. The van der Waals surface area contributed by atoms with Gasteiger partial charge in [-0.05, 0) is 24.0 Å². The van der Waals surface area contributed by atoms with Crippen LogP contribution in [0, 0.1) is 5.41 Å². The molecule has 0 aromatic heterocycles. The first kappa shape index (κ1) is 12.6. The first-order valence-corrected chi connectivity index (χ1v) is 5.37. The van der Waals surface area contributed by atoms with E-state index in [-0.39, 0.29) is 5.41 Å².